The van der Waals surface area contributed by atoms with E-state index in [0.29, 0.717) is 29.1 Å². The van der Waals surface area contributed by atoms with Crippen molar-refractivity contribution >= 4 is 21.2 Å². The number of nitrogens with one attached hydrogen (secondary N) is 2. The molecule has 0 spiro atoms. The largest absolute Gasteiger partial charge is 0.506 e. The predicted molar refractivity (Wildman–Crippen MR) is 131 cm³/mol. The van der Waals surface area contributed by atoms with E-state index in [2.05, 4.69) is 10.6 Å². The highest BCUT2D eigenvalue weighted by atomic mass is 32.2. The summed E-state index contributed by atoms with van der Waals surface area (Å²) in [6.45, 7) is 3.73. The zero-order chi connectivity index (χ0) is 25.0. The minimum atomic E-state index is -3.79. The molecule has 1 aliphatic carbocycles. The van der Waals surface area contributed by atoms with Gasteiger partial charge in [-0.25, -0.2) is 17.2 Å². The Balaban J connectivity index is 1.69. The van der Waals surface area contributed by atoms with Gasteiger partial charge in [-0.15, -0.1) is 0 Å². The summed E-state index contributed by atoms with van der Waals surface area (Å²) < 4.78 is 62.0. The molecule has 0 saturated carbocycles. The van der Waals surface area contributed by atoms with Crippen molar-refractivity contribution < 1.29 is 27.0 Å². The van der Waals surface area contributed by atoms with Crippen LogP contribution in [-0.2, 0) is 9.84 Å². The molecular weight excluding hydrogens is 474 g/mol. The van der Waals surface area contributed by atoms with E-state index in [0.717, 1.165) is 6.07 Å². The summed E-state index contributed by atoms with van der Waals surface area (Å²) in [6.07, 6.45) is 4.05. The van der Waals surface area contributed by atoms with Crippen LogP contribution >= 0.6 is 0 Å². The molecule has 5 rings (SSSR count). The fourth-order valence-corrected chi connectivity index (χ4v) is 7.23. The first-order valence-electron chi connectivity index (χ1n) is 11.3. The Hall–Kier alpha value is -3.33. The molecule has 0 saturated heterocycles. The van der Waals surface area contributed by atoms with E-state index in [1.807, 2.05) is 13.8 Å². The van der Waals surface area contributed by atoms with Crippen LogP contribution in [0.2, 0.25) is 0 Å². The number of halogens is 2. The van der Waals surface area contributed by atoms with Crippen LogP contribution in [-0.4, -0.2) is 31.6 Å². The first-order valence-corrected chi connectivity index (χ1v) is 13.0. The van der Waals surface area contributed by atoms with Crippen LogP contribution in [0.5, 0.6) is 11.5 Å². The van der Waals surface area contributed by atoms with Crippen LogP contribution in [0.3, 0.4) is 0 Å². The molecule has 0 radical (unpaired) electrons. The van der Waals surface area contributed by atoms with Gasteiger partial charge in [-0.2, -0.15) is 0 Å². The minimum Gasteiger partial charge on any atom is -0.506 e. The van der Waals surface area contributed by atoms with Gasteiger partial charge in [-0.1, -0.05) is 32.1 Å². The molecule has 3 aliphatic rings. The van der Waals surface area contributed by atoms with Crippen LogP contribution in [0.25, 0.3) is 0 Å². The summed E-state index contributed by atoms with van der Waals surface area (Å²) in [7, 11) is -3.79. The summed E-state index contributed by atoms with van der Waals surface area (Å²) in [5.74, 6) is -0.689. The molecule has 9 heteroatoms. The van der Waals surface area contributed by atoms with Crippen molar-refractivity contribution in [2.45, 2.75) is 38.6 Å². The van der Waals surface area contributed by atoms with Crippen LogP contribution in [0.1, 0.15) is 31.9 Å². The smallest absolute Gasteiger partial charge is 0.179 e. The van der Waals surface area contributed by atoms with E-state index >= 15 is 0 Å². The number of phenols is 1. The Kier molecular flexibility index (Phi) is 5.62. The Morgan fingerprint density at radius 2 is 1.91 bits per heavy atom. The number of sulfone groups is 1. The van der Waals surface area contributed by atoms with Crippen molar-refractivity contribution in [1.29, 1.82) is 0 Å². The number of benzene rings is 2. The number of phenolic OH excluding ortho intramolecular Hbond substituents is 1. The molecule has 3 N–H and O–H groups in total. The molecule has 0 aromatic heterocycles. The molecule has 6 nitrogen and oxygen atoms in total. The summed E-state index contributed by atoms with van der Waals surface area (Å²) in [5, 5.41) is 16.9. The molecular formula is C26H26F2N2O4S. The molecule has 2 aromatic carbocycles. The zero-order valence-electron chi connectivity index (χ0n) is 19.3. The van der Waals surface area contributed by atoms with Gasteiger partial charge in [0, 0.05) is 17.3 Å². The lowest BCUT2D eigenvalue weighted by molar-refractivity contribution is 0.162. The lowest BCUT2D eigenvalue weighted by atomic mass is 9.88. The van der Waals surface area contributed by atoms with Crippen molar-refractivity contribution in [3.63, 3.8) is 0 Å². The summed E-state index contributed by atoms with van der Waals surface area (Å²) in [5.41, 5.74) is 1.06. The van der Waals surface area contributed by atoms with Gasteiger partial charge in [0.05, 0.1) is 22.4 Å². The molecule has 2 aliphatic heterocycles. The maximum Gasteiger partial charge on any atom is 0.179 e. The number of alkyl halides is 1. The molecule has 0 amide bonds. The molecule has 0 bridgehead atoms. The van der Waals surface area contributed by atoms with E-state index < -0.39 is 39.4 Å². The normalized spacial score (nSPS) is 26.1. The first kappa shape index (κ1) is 23.4. The summed E-state index contributed by atoms with van der Waals surface area (Å²) in [6, 6.07) is 7.70. The number of para-hydroxylation sites is 1. The average molecular weight is 501 g/mol. The van der Waals surface area contributed by atoms with Crippen molar-refractivity contribution in [2.75, 3.05) is 16.4 Å². The number of aromatic hydroxyl groups is 1. The van der Waals surface area contributed by atoms with Gasteiger partial charge in [0.2, 0.25) is 0 Å². The highest BCUT2D eigenvalue weighted by Gasteiger charge is 2.44. The van der Waals surface area contributed by atoms with Gasteiger partial charge < -0.3 is 20.5 Å². The molecule has 3 unspecified atom stereocenters. The Morgan fingerprint density at radius 1 is 1.14 bits per heavy atom. The van der Waals surface area contributed by atoms with Crippen molar-refractivity contribution in [1.82, 2.24) is 0 Å². The zero-order valence-corrected chi connectivity index (χ0v) is 20.1. The van der Waals surface area contributed by atoms with Crippen molar-refractivity contribution in [2.24, 2.45) is 5.41 Å². The molecule has 35 heavy (non-hydrogen) atoms. The molecule has 2 heterocycles. The Morgan fingerprint density at radius 3 is 2.69 bits per heavy atom. The fourth-order valence-electron chi connectivity index (χ4n) is 4.90. The Labute approximate surface area is 202 Å². The maximum atomic E-state index is 14.5. The van der Waals surface area contributed by atoms with Gasteiger partial charge in [0.1, 0.15) is 23.0 Å². The summed E-state index contributed by atoms with van der Waals surface area (Å²) >= 11 is 0. The molecule has 2 aromatic rings. The van der Waals surface area contributed by atoms with Crippen LogP contribution in [0, 0.1) is 11.2 Å². The van der Waals surface area contributed by atoms with Gasteiger partial charge in [0.15, 0.2) is 22.1 Å². The molecule has 0 fully saturated rings. The van der Waals surface area contributed by atoms with Crippen LogP contribution in [0.4, 0.5) is 20.2 Å². The van der Waals surface area contributed by atoms with E-state index in [4.69, 9.17) is 4.74 Å². The number of hydrogen-bond acceptors (Lipinski definition) is 6. The van der Waals surface area contributed by atoms with Crippen molar-refractivity contribution in [3.05, 3.63) is 82.7 Å². The SMILES string of the molecule is CC1(C)CC2=C(C(c3ccc(F)cc3OC3C=CC=CC3F)Nc3cccc(O)c3N2)S(=O)(=O)C1. The monoisotopic (exact) mass is 500 g/mol. The van der Waals surface area contributed by atoms with Gasteiger partial charge in [-0.05, 0) is 48.3 Å². The highest BCUT2D eigenvalue weighted by molar-refractivity contribution is 7.95. The highest BCUT2D eigenvalue weighted by Crippen LogP contribution is 2.49. The van der Waals surface area contributed by atoms with Crippen molar-refractivity contribution in [3.8, 4) is 11.5 Å². The third kappa shape index (κ3) is 4.40. The second-order valence-corrected chi connectivity index (χ2v) is 11.8. The second-order valence-electron chi connectivity index (χ2n) is 9.82. The van der Waals surface area contributed by atoms with E-state index in [1.54, 1.807) is 24.3 Å². The first-order chi connectivity index (χ1) is 16.5. The number of allylic oxidation sites excluding steroid dienone is 3. The number of rotatable bonds is 3. The average Bonchev–Trinajstić information content (AvgIpc) is 2.92. The quantitative estimate of drug-likeness (QED) is 0.491. The van der Waals surface area contributed by atoms with E-state index in [9.17, 15) is 22.3 Å². The Bertz CT molecular complexity index is 1380. The standard InChI is InChI=1S/C26H26F2N2O4S/c1-26(2)13-19-25(35(32,33)14-26)23(29-18-7-5-8-20(31)24(18)30-19)16-11-10-15(27)12-22(16)34-21-9-4-3-6-17(21)28/h3-12,17,21,23,29-31H,13-14H2,1-2H3. The van der Waals surface area contributed by atoms with E-state index in [-0.39, 0.29) is 22.2 Å². The number of hydrogen-bond donors (Lipinski definition) is 3. The number of anilines is 2. The third-order valence-electron chi connectivity index (χ3n) is 6.32. The van der Waals surface area contributed by atoms with Gasteiger partial charge >= 0.3 is 0 Å². The van der Waals surface area contributed by atoms with E-state index in [1.165, 1.54) is 30.4 Å². The molecule has 3 atom stereocenters. The minimum absolute atomic E-state index is 0.0330. The third-order valence-corrected chi connectivity index (χ3v) is 8.63. The summed E-state index contributed by atoms with van der Waals surface area (Å²) in [4.78, 5) is 0.0970. The molecule has 184 valence electrons. The topological polar surface area (TPSA) is 87.7 Å². The van der Waals surface area contributed by atoms with Crippen LogP contribution in [0.15, 0.2) is 71.3 Å². The fraction of sp³-hybridized carbons (Fsp3) is 0.308. The second kappa shape index (κ2) is 8.41. The predicted octanol–water partition coefficient (Wildman–Crippen LogP) is 5.38. The van der Waals surface area contributed by atoms with Crippen LogP contribution < -0.4 is 15.4 Å². The lowest BCUT2D eigenvalue weighted by Gasteiger charge is -2.35. The number of ether oxygens (including phenoxy) is 1. The van der Waals surface area contributed by atoms with Gasteiger partial charge in [0.25, 0.3) is 0 Å². The maximum absolute atomic E-state index is 14.5. The van der Waals surface area contributed by atoms with Gasteiger partial charge in [-0.3, -0.25) is 0 Å². The number of fused-ring (bicyclic) bond motifs is 1. The lowest BCUT2D eigenvalue weighted by Crippen LogP contribution is -2.35.